The molecule has 14 heavy (non-hydrogen) atoms. The molecule has 0 heterocycles. The standard InChI is InChI=1S/C9H14Cl2O3/c1-9(2,4-3-8(13)14)6(12)5-7(10)11/h5-6,12H,3-4H2,1-2H3,(H,13,14). The van der Waals surface area contributed by atoms with Crippen LogP contribution in [0.4, 0.5) is 0 Å². The summed E-state index contributed by atoms with van der Waals surface area (Å²) in [4.78, 5) is 10.3. The summed E-state index contributed by atoms with van der Waals surface area (Å²) in [6.07, 6.45) is 0.830. The maximum absolute atomic E-state index is 10.3. The monoisotopic (exact) mass is 240 g/mol. The smallest absolute Gasteiger partial charge is 0.303 e. The summed E-state index contributed by atoms with van der Waals surface area (Å²) in [5.41, 5.74) is -0.548. The molecule has 0 radical (unpaired) electrons. The van der Waals surface area contributed by atoms with Crippen molar-refractivity contribution in [2.24, 2.45) is 5.41 Å². The predicted octanol–water partition coefficient (Wildman–Crippen LogP) is 2.56. The first-order valence-electron chi connectivity index (χ1n) is 4.18. The number of carboxylic acids is 1. The summed E-state index contributed by atoms with van der Waals surface area (Å²) in [6.45, 7) is 3.52. The van der Waals surface area contributed by atoms with Gasteiger partial charge in [-0.15, -0.1) is 0 Å². The number of aliphatic carboxylic acids is 1. The Morgan fingerprint density at radius 2 is 2.00 bits per heavy atom. The molecule has 0 aromatic carbocycles. The fourth-order valence-corrected chi connectivity index (χ4v) is 1.16. The van der Waals surface area contributed by atoms with Gasteiger partial charge in [0.05, 0.1) is 6.10 Å². The molecule has 0 aliphatic rings. The van der Waals surface area contributed by atoms with Crippen molar-refractivity contribution in [1.29, 1.82) is 0 Å². The number of carboxylic acid groups (broad SMARTS) is 1. The lowest BCUT2D eigenvalue weighted by Gasteiger charge is -2.27. The summed E-state index contributed by atoms with van der Waals surface area (Å²) in [5, 5.41) is 18.1. The zero-order valence-corrected chi connectivity index (χ0v) is 9.64. The molecule has 0 aromatic heterocycles. The summed E-state index contributed by atoms with van der Waals surface area (Å²) >= 11 is 10.8. The normalized spacial score (nSPS) is 13.5. The highest BCUT2D eigenvalue weighted by Gasteiger charge is 2.26. The third-order valence-corrected chi connectivity index (χ3v) is 2.32. The molecule has 0 spiro atoms. The van der Waals surface area contributed by atoms with E-state index in [4.69, 9.17) is 28.3 Å². The fraction of sp³-hybridized carbons (Fsp3) is 0.667. The number of carbonyl (C=O) groups is 1. The van der Waals surface area contributed by atoms with E-state index in [9.17, 15) is 9.90 Å². The van der Waals surface area contributed by atoms with E-state index in [1.165, 1.54) is 6.08 Å². The van der Waals surface area contributed by atoms with Crippen LogP contribution in [-0.2, 0) is 4.79 Å². The van der Waals surface area contributed by atoms with Gasteiger partial charge in [-0.05, 0) is 17.9 Å². The Morgan fingerprint density at radius 3 is 2.36 bits per heavy atom. The minimum atomic E-state index is -0.883. The van der Waals surface area contributed by atoms with Crippen LogP contribution in [0.3, 0.4) is 0 Å². The Kier molecular flexibility index (Phi) is 5.49. The van der Waals surface area contributed by atoms with Crippen LogP contribution in [0, 0.1) is 5.41 Å². The Morgan fingerprint density at radius 1 is 1.50 bits per heavy atom. The first kappa shape index (κ1) is 13.8. The van der Waals surface area contributed by atoms with Crippen LogP contribution >= 0.6 is 23.2 Å². The lowest BCUT2D eigenvalue weighted by molar-refractivity contribution is -0.137. The molecule has 0 aromatic rings. The third kappa shape index (κ3) is 5.47. The van der Waals surface area contributed by atoms with E-state index < -0.39 is 17.5 Å². The van der Waals surface area contributed by atoms with E-state index in [2.05, 4.69) is 0 Å². The summed E-state index contributed by atoms with van der Waals surface area (Å²) in [6, 6.07) is 0. The molecular weight excluding hydrogens is 227 g/mol. The minimum absolute atomic E-state index is 0.0117. The van der Waals surface area contributed by atoms with Crippen LogP contribution in [0.25, 0.3) is 0 Å². The highest BCUT2D eigenvalue weighted by molar-refractivity contribution is 6.55. The van der Waals surface area contributed by atoms with Crippen LogP contribution in [0.5, 0.6) is 0 Å². The molecule has 0 saturated heterocycles. The zero-order valence-electron chi connectivity index (χ0n) is 8.13. The molecule has 0 rings (SSSR count). The first-order valence-corrected chi connectivity index (χ1v) is 4.94. The van der Waals surface area contributed by atoms with Gasteiger partial charge in [-0.2, -0.15) is 0 Å². The van der Waals surface area contributed by atoms with Crippen molar-refractivity contribution in [1.82, 2.24) is 0 Å². The average molecular weight is 241 g/mol. The van der Waals surface area contributed by atoms with Crippen molar-refractivity contribution in [3.63, 3.8) is 0 Å². The molecule has 5 heteroatoms. The Hall–Kier alpha value is -0.250. The fourth-order valence-electron chi connectivity index (χ4n) is 0.922. The Bertz CT molecular complexity index is 232. The molecule has 0 saturated carbocycles. The molecule has 82 valence electrons. The van der Waals surface area contributed by atoms with Gasteiger partial charge in [-0.25, -0.2) is 0 Å². The molecule has 0 aliphatic carbocycles. The van der Waals surface area contributed by atoms with Crippen molar-refractivity contribution in [3.8, 4) is 0 Å². The maximum Gasteiger partial charge on any atom is 0.303 e. The number of halogens is 2. The van der Waals surface area contributed by atoms with Crippen molar-refractivity contribution >= 4 is 29.2 Å². The van der Waals surface area contributed by atoms with E-state index in [1.54, 1.807) is 13.8 Å². The largest absolute Gasteiger partial charge is 0.481 e. The topological polar surface area (TPSA) is 57.5 Å². The molecule has 0 amide bonds. The lowest BCUT2D eigenvalue weighted by Crippen LogP contribution is -2.28. The summed E-state index contributed by atoms with van der Waals surface area (Å²) in [5.74, 6) is -0.883. The van der Waals surface area contributed by atoms with Crippen LogP contribution in [-0.4, -0.2) is 22.3 Å². The second-order valence-electron chi connectivity index (χ2n) is 3.78. The van der Waals surface area contributed by atoms with E-state index in [1.807, 2.05) is 0 Å². The number of aliphatic hydroxyl groups is 1. The van der Waals surface area contributed by atoms with Crippen molar-refractivity contribution < 1.29 is 15.0 Å². The van der Waals surface area contributed by atoms with Crippen molar-refractivity contribution in [2.75, 3.05) is 0 Å². The van der Waals surface area contributed by atoms with Crippen molar-refractivity contribution in [3.05, 3.63) is 10.6 Å². The van der Waals surface area contributed by atoms with Gasteiger partial charge < -0.3 is 10.2 Å². The molecule has 0 bridgehead atoms. The molecular formula is C9H14Cl2O3. The highest BCUT2D eigenvalue weighted by Crippen LogP contribution is 2.29. The number of hydrogen-bond acceptors (Lipinski definition) is 2. The summed E-state index contributed by atoms with van der Waals surface area (Å²) < 4.78 is -0.0131. The molecule has 1 unspecified atom stereocenters. The molecule has 3 nitrogen and oxygen atoms in total. The maximum atomic E-state index is 10.3. The molecule has 0 aliphatic heterocycles. The highest BCUT2D eigenvalue weighted by atomic mass is 35.5. The SMILES string of the molecule is CC(C)(CCC(=O)O)C(O)C=C(Cl)Cl. The van der Waals surface area contributed by atoms with Crippen LogP contribution < -0.4 is 0 Å². The van der Waals surface area contributed by atoms with Crippen LogP contribution in [0.2, 0.25) is 0 Å². The van der Waals surface area contributed by atoms with Crippen LogP contribution in [0.1, 0.15) is 26.7 Å². The van der Waals surface area contributed by atoms with Crippen molar-refractivity contribution in [2.45, 2.75) is 32.8 Å². The number of aliphatic hydroxyl groups excluding tert-OH is 1. The molecule has 2 N–H and O–H groups in total. The minimum Gasteiger partial charge on any atom is -0.481 e. The van der Waals surface area contributed by atoms with Gasteiger partial charge in [0.2, 0.25) is 0 Å². The second kappa shape index (κ2) is 5.59. The number of rotatable bonds is 5. The van der Waals surface area contributed by atoms with Gasteiger partial charge in [0.15, 0.2) is 0 Å². The summed E-state index contributed by atoms with van der Waals surface area (Å²) in [7, 11) is 0. The van der Waals surface area contributed by atoms with E-state index >= 15 is 0 Å². The van der Waals surface area contributed by atoms with Gasteiger partial charge in [0.25, 0.3) is 0 Å². The van der Waals surface area contributed by atoms with Gasteiger partial charge >= 0.3 is 5.97 Å². The average Bonchev–Trinajstić information content (AvgIpc) is 1.99. The zero-order chi connectivity index (χ0) is 11.4. The lowest BCUT2D eigenvalue weighted by atomic mass is 9.82. The van der Waals surface area contributed by atoms with E-state index in [0.717, 1.165) is 0 Å². The first-order chi connectivity index (χ1) is 6.25. The van der Waals surface area contributed by atoms with E-state index in [0.29, 0.717) is 6.42 Å². The Balaban J connectivity index is 4.30. The Labute approximate surface area is 93.3 Å². The second-order valence-corrected chi connectivity index (χ2v) is 4.79. The van der Waals surface area contributed by atoms with Gasteiger partial charge in [0, 0.05) is 6.42 Å². The number of hydrogen-bond donors (Lipinski definition) is 2. The van der Waals surface area contributed by atoms with Gasteiger partial charge in [-0.3, -0.25) is 4.79 Å². The van der Waals surface area contributed by atoms with Crippen LogP contribution in [0.15, 0.2) is 10.6 Å². The molecule has 1 atom stereocenters. The van der Waals surface area contributed by atoms with E-state index in [-0.39, 0.29) is 10.9 Å². The third-order valence-electron chi connectivity index (χ3n) is 2.07. The quantitative estimate of drug-likeness (QED) is 0.777. The van der Waals surface area contributed by atoms with Gasteiger partial charge in [0.1, 0.15) is 4.49 Å². The predicted molar refractivity (Wildman–Crippen MR) is 56.4 cm³/mol. The molecule has 0 fully saturated rings. The van der Waals surface area contributed by atoms with Gasteiger partial charge in [-0.1, -0.05) is 37.0 Å².